The Hall–Kier alpha value is -2.50. The molecular weight excluding hydrogens is 268 g/mol. The van der Waals surface area contributed by atoms with Crippen molar-refractivity contribution in [2.45, 2.75) is 13.3 Å². The summed E-state index contributed by atoms with van der Waals surface area (Å²) >= 11 is 0. The summed E-state index contributed by atoms with van der Waals surface area (Å²) in [7, 11) is 0. The van der Waals surface area contributed by atoms with Gasteiger partial charge >= 0.3 is 5.97 Å². The molecule has 2 aromatic rings. The fourth-order valence-electron chi connectivity index (χ4n) is 1.59. The number of benzene rings is 1. The van der Waals surface area contributed by atoms with Crippen molar-refractivity contribution in [1.29, 1.82) is 0 Å². The first-order chi connectivity index (χ1) is 9.49. The highest BCUT2D eigenvalue weighted by Gasteiger charge is 2.12. The van der Waals surface area contributed by atoms with Gasteiger partial charge in [0.15, 0.2) is 11.6 Å². The fraction of sp³-hybridized carbons (Fsp3) is 0.143. The molecule has 0 fully saturated rings. The van der Waals surface area contributed by atoms with Gasteiger partial charge in [0.25, 0.3) is 0 Å². The van der Waals surface area contributed by atoms with Crippen molar-refractivity contribution < 1.29 is 23.4 Å². The molecule has 1 N–H and O–H groups in total. The summed E-state index contributed by atoms with van der Waals surface area (Å²) in [6.07, 6.45) is 0.489. The van der Waals surface area contributed by atoms with Crippen LogP contribution in [0.3, 0.4) is 0 Å². The van der Waals surface area contributed by atoms with Crippen molar-refractivity contribution in [3.05, 3.63) is 53.2 Å². The number of carbonyl (C=O) groups is 1. The van der Waals surface area contributed by atoms with Gasteiger partial charge in [0, 0.05) is 17.8 Å². The molecule has 20 heavy (non-hydrogen) atoms. The first-order valence-electron chi connectivity index (χ1n) is 5.86. The summed E-state index contributed by atoms with van der Waals surface area (Å²) in [5.41, 5.74) is 0.459. The summed E-state index contributed by atoms with van der Waals surface area (Å²) in [4.78, 5) is 15.0. The van der Waals surface area contributed by atoms with Gasteiger partial charge in [0.05, 0.1) is 5.56 Å². The molecule has 2 rings (SSSR count). The minimum absolute atomic E-state index is 0.0244. The van der Waals surface area contributed by atoms with E-state index in [0.717, 1.165) is 24.3 Å². The first kappa shape index (κ1) is 13.9. The molecular formula is C14H11F2NO3. The molecule has 0 saturated heterocycles. The fourth-order valence-corrected chi connectivity index (χ4v) is 1.59. The Kier molecular flexibility index (Phi) is 3.93. The van der Waals surface area contributed by atoms with Crippen LogP contribution >= 0.6 is 0 Å². The highest BCUT2D eigenvalue weighted by Crippen LogP contribution is 2.25. The van der Waals surface area contributed by atoms with E-state index in [-0.39, 0.29) is 17.2 Å². The van der Waals surface area contributed by atoms with Crippen LogP contribution in [0.4, 0.5) is 8.78 Å². The quantitative estimate of drug-likeness (QED) is 0.931. The third-order valence-corrected chi connectivity index (χ3v) is 2.57. The molecule has 1 aromatic heterocycles. The number of hydrogen-bond donors (Lipinski definition) is 1. The zero-order valence-electron chi connectivity index (χ0n) is 10.6. The van der Waals surface area contributed by atoms with E-state index in [9.17, 15) is 13.6 Å². The van der Waals surface area contributed by atoms with Crippen LogP contribution < -0.4 is 4.74 Å². The second-order valence-electron chi connectivity index (χ2n) is 4.02. The normalized spacial score (nSPS) is 10.3. The van der Waals surface area contributed by atoms with Crippen LogP contribution in [-0.2, 0) is 6.42 Å². The number of aryl methyl sites for hydroxylation is 1. The van der Waals surface area contributed by atoms with Crippen LogP contribution in [-0.4, -0.2) is 16.1 Å². The number of nitrogens with zero attached hydrogens (tertiary/aromatic N) is 1. The lowest BCUT2D eigenvalue weighted by molar-refractivity contribution is 0.0696. The van der Waals surface area contributed by atoms with E-state index in [4.69, 9.17) is 9.84 Å². The second-order valence-corrected chi connectivity index (χ2v) is 4.02. The molecule has 0 radical (unpaired) electrons. The zero-order valence-corrected chi connectivity index (χ0v) is 10.6. The van der Waals surface area contributed by atoms with Crippen LogP contribution in [0.2, 0.25) is 0 Å². The Morgan fingerprint density at radius 1 is 1.30 bits per heavy atom. The molecule has 1 aromatic carbocycles. The molecule has 4 nitrogen and oxygen atoms in total. The number of rotatable bonds is 4. The van der Waals surface area contributed by atoms with Gasteiger partial charge in [-0.3, -0.25) is 0 Å². The number of pyridine rings is 1. The van der Waals surface area contributed by atoms with Crippen LogP contribution in [0.15, 0.2) is 30.3 Å². The van der Waals surface area contributed by atoms with Gasteiger partial charge in [-0.05, 0) is 24.6 Å². The molecule has 0 amide bonds. The molecule has 0 bridgehead atoms. The Morgan fingerprint density at radius 3 is 2.70 bits per heavy atom. The lowest BCUT2D eigenvalue weighted by Gasteiger charge is -2.08. The van der Waals surface area contributed by atoms with Crippen molar-refractivity contribution in [2.24, 2.45) is 0 Å². The third kappa shape index (κ3) is 3.09. The van der Waals surface area contributed by atoms with Crippen LogP contribution in [0.1, 0.15) is 23.0 Å². The van der Waals surface area contributed by atoms with Crippen molar-refractivity contribution in [3.63, 3.8) is 0 Å². The van der Waals surface area contributed by atoms with Crippen molar-refractivity contribution in [1.82, 2.24) is 4.98 Å². The maximum atomic E-state index is 13.5. The van der Waals surface area contributed by atoms with Gasteiger partial charge in [0.1, 0.15) is 5.82 Å². The SMILES string of the molecule is CCc1cc(C(=O)O)cc(Oc2cc(F)ccc2F)n1. The Bertz CT molecular complexity index is 659. The molecule has 1 heterocycles. The third-order valence-electron chi connectivity index (χ3n) is 2.57. The smallest absolute Gasteiger partial charge is 0.335 e. The minimum atomic E-state index is -1.15. The number of carboxylic acid groups (broad SMARTS) is 1. The first-order valence-corrected chi connectivity index (χ1v) is 5.86. The zero-order chi connectivity index (χ0) is 14.7. The van der Waals surface area contributed by atoms with Crippen LogP contribution in [0.25, 0.3) is 0 Å². The molecule has 0 aliphatic heterocycles. The average Bonchev–Trinajstić information content (AvgIpc) is 2.42. The van der Waals surface area contributed by atoms with Gasteiger partial charge < -0.3 is 9.84 Å². The lowest BCUT2D eigenvalue weighted by Crippen LogP contribution is -2.02. The highest BCUT2D eigenvalue weighted by molar-refractivity contribution is 5.88. The molecule has 0 unspecified atom stereocenters. The number of aromatic carboxylic acids is 1. The standard InChI is InChI=1S/C14H11F2NO3/c1-2-10-5-8(14(18)19)6-13(17-10)20-12-7-9(15)3-4-11(12)16/h3-7H,2H2,1H3,(H,18,19). The molecule has 0 aliphatic rings. The van der Waals surface area contributed by atoms with E-state index >= 15 is 0 Å². The minimum Gasteiger partial charge on any atom is -0.478 e. The van der Waals surface area contributed by atoms with Crippen molar-refractivity contribution in [2.75, 3.05) is 0 Å². The topological polar surface area (TPSA) is 59.4 Å². The second kappa shape index (κ2) is 5.64. The lowest BCUT2D eigenvalue weighted by atomic mass is 10.2. The molecule has 0 saturated carbocycles. The van der Waals surface area contributed by atoms with Gasteiger partial charge in [-0.1, -0.05) is 6.92 Å². The number of carboxylic acids is 1. The number of hydrogen-bond acceptors (Lipinski definition) is 3. The monoisotopic (exact) mass is 279 g/mol. The van der Waals surface area contributed by atoms with E-state index in [1.165, 1.54) is 6.07 Å². The van der Waals surface area contributed by atoms with E-state index in [2.05, 4.69) is 4.98 Å². The predicted molar refractivity (Wildman–Crippen MR) is 67.0 cm³/mol. The maximum Gasteiger partial charge on any atom is 0.335 e. The van der Waals surface area contributed by atoms with Crippen LogP contribution in [0, 0.1) is 11.6 Å². The van der Waals surface area contributed by atoms with Crippen molar-refractivity contribution in [3.8, 4) is 11.6 Å². The number of aromatic nitrogens is 1. The summed E-state index contributed by atoms with van der Waals surface area (Å²) < 4.78 is 31.6. The van der Waals surface area contributed by atoms with Gasteiger partial charge in [0.2, 0.25) is 5.88 Å². The summed E-state index contributed by atoms with van der Waals surface area (Å²) in [6, 6.07) is 5.31. The van der Waals surface area contributed by atoms with Gasteiger partial charge in [-0.25, -0.2) is 18.6 Å². The number of ether oxygens (including phenoxy) is 1. The van der Waals surface area contributed by atoms with Crippen molar-refractivity contribution >= 4 is 5.97 Å². The largest absolute Gasteiger partial charge is 0.478 e. The van der Waals surface area contributed by atoms with E-state index in [1.807, 2.05) is 0 Å². The summed E-state index contributed by atoms with van der Waals surface area (Å²) in [5, 5.41) is 8.98. The molecule has 6 heteroatoms. The highest BCUT2D eigenvalue weighted by atomic mass is 19.1. The van der Waals surface area contributed by atoms with E-state index in [0.29, 0.717) is 12.1 Å². The summed E-state index contributed by atoms with van der Waals surface area (Å²) in [6.45, 7) is 1.79. The van der Waals surface area contributed by atoms with Crippen LogP contribution in [0.5, 0.6) is 11.6 Å². The molecule has 0 spiro atoms. The Morgan fingerprint density at radius 2 is 2.05 bits per heavy atom. The van der Waals surface area contributed by atoms with Gasteiger partial charge in [-0.2, -0.15) is 0 Å². The average molecular weight is 279 g/mol. The Labute approximate surface area is 113 Å². The molecule has 104 valence electrons. The maximum absolute atomic E-state index is 13.5. The van der Waals surface area contributed by atoms with Gasteiger partial charge in [-0.15, -0.1) is 0 Å². The van der Waals surface area contributed by atoms with E-state index in [1.54, 1.807) is 6.92 Å². The molecule has 0 aliphatic carbocycles. The Balaban J connectivity index is 2.39. The number of halogens is 2. The summed E-state index contributed by atoms with van der Waals surface area (Å²) in [5.74, 6) is -3.00. The predicted octanol–water partition coefficient (Wildman–Crippen LogP) is 3.41. The van der Waals surface area contributed by atoms with E-state index < -0.39 is 17.6 Å². The molecule has 0 atom stereocenters.